The Morgan fingerprint density at radius 2 is 2.05 bits per heavy atom. The number of nitrogens with zero attached hydrogens (tertiary/aromatic N) is 2. The van der Waals surface area contributed by atoms with Gasteiger partial charge in [-0.1, -0.05) is 45.7 Å². The van der Waals surface area contributed by atoms with Gasteiger partial charge >= 0.3 is 0 Å². The van der Waals surface area contributed by atoms with Gasteiger partial charge in [-0.05, 0) is 24.6 Å². The van der Waals surface area contributed by atoms with Crippen molar-refractivity contribution < 1.29 is 0 Å². The Bertz CT molecular complexity index is 754. The van der Waals surface area contributed by atoms with E-state index in [4.69, 9.17) is 11.6 Å². The number of fused-ring (bicyclic) bond motifs is 1. The lowest BCUT2D eigenvalue weighted by Crippen LogP contribution is -1.97. The molecule has 0 bridgehead atoms. The Balaban J connectivity index is 2.04. The molecule has 3 rings (SSSR count). The second kappa shape index (κ2) is 5.19. The SMILES string of the molecule is Cc1cc2c(Cl)nc(Cc3ccccc3Br)nc2s1. The van der Waals surface area contributed by atoms with Crippen LogP contribution in [0.3, 0.4) is 0 Å². The molecule has 0 aliphatic heterocycles. The zero-order valence-electron chi connectivity index (χ0n) is 10.2. The molecule has 0 saturated carbocycles. The molecule has 0 radical (unpaired) electrons. The molecule has 0 unspecified atom stereocenters. The zero-order valence-corrected chi connectivity index (χ0v) is 13.3. The first kappa shape index (κ1) is 13.0. The van der Waals surface area contributed by atoms with Crippen molar-refractivity contribution in [3.8, 4) is 0 Å². The summed E-state index contributed by atoms with van der Waals surface area (Å²) in [6, 6.07) is 10.1. The number of aromatic nitrogens is 2. The predicted octanol–water partition coefficient (Wildman–Crippen LogP) is 5.01. The van der Waals surface area contributed by atoms with Gasteiger partial charge in [0, 0.05) is 21.2 Å². The normalized spacial score (nSPS) is 11.1. The van der Waals surface area contributed by atoms with E-state index in [1.165, 1.54) is 4.88 Å². The topological polar surface area (TPSA) is 25.8 Å². The first-order valence-electron chi connectivity index (χ1n) is 5.79. The Kier molecular flexibility index (Phi) is 3.56. The fourth-order valence-corrected chi connectivity index (χ4v) is 3.56. The van der Waals surface area contributed by atoms with E-state index in [1.807, 2.05) is 24.3 Å². The molecule has 0 atom stereocenters. The van der Waals surface area contributed by atoms with Gasteiger partial charge in [-0.3, -0.25) is 0 Å². The molecule has 0 aliphatic rings. The van der Waals surface area contributed by atoms with Crippen LogP contribution >= 0.6 is 38.9 Å². The summed E-state index contributed by atoms with van der Waals surface area (Å²) in [6.07, 6.45) is 0.675. The molecule has 0 fully saturated rings. The highest BCUT2D eigenvalue weighted by Gasteiger charge is 2.10. The van der Waals surface area contributed by atoms with E-state index in [1.54, 1.807) is 11.3 Å². The molecule has 2 aromatic heterocycles. The highest BCUT2D eigenvalue weighted by atomic mass is 79.9. The maximum atomic E-state index is 6.23. The van der Waals surface area contributed by atoms with Crippen LogP contribution < -0.4 is 0 Å². The average molecular weight is 354 g/mol. The lowest BCUT2D eigenvalue weighted by molar-refractivity contribution is 0.993. The van der Waals surface area contributed by atoms with Crippen molar-refractivity contribution in [2.75, 3.05) is 0 Å². The maximum absolute atomic E-state index is 6.23. The van der Waals surface area contributed by atoms with E-state index in [-0.39, 0.29) is 0 Å². The second-order valence-electron chi connectivity index (χ2n) is 4.27. The van der Waals surface area contributed by atoms with Crippen LogP contribution in [-0.2, 0) is 6.42 Å². The molecule has 19 heavy (non-hydrogen) atoms. The quantitative estimate of drug-likeness (QED) is 0.605. The fourth-order valence-electron chi connectivity index (χ4n) is 1.94. The Labute approximate surface area is 128 Å². The molecule has 0 aliphatic carbocycles. The number of hydrogen-bond donors (Lipinski definition) is 0. The van der Waals surface area contributed by atoms with E-state index >= 15 is 0 Å². The maximum Gasteiger partial charge on any atom is 0.141 e. The summed E-state index contributed by atoms with van der Waals surface area (Å²) in [5, 5.41) is 1.48. The summed E-state index contributed by atoms with van der Waals surface area (Å²) in [6.45, 7) is 2.05. The summed E-state index contributed by atoms with van der Waals surface area (Å²) in [5.41, 5.74) is 1.16. The summed E-state index contributed by atoms with van der Waals surface area (Å²) >= 11 is 11.4. The summed E-state index contributed by atoms with van der Waals surface area (Å²) in [5.74, 6) is 0.756. The third kappa shape index (κ3) is 2.66. The van der Waals surface area contributed by atoms with Crippen molar-refractivity contribution in [2.45, 2.75) is 13.3 Å². The summed E-state index contributed by atoms with van der Waals surface area (Å²) < 4.78 is 1.07. The van der Waals surface area contributed by atoms with Crippen LogP contribution in [0.15, 0.2) is 34.8 Å². The highest BCUT2D eigenvalue weighted by Crippen LogP contribution is 2.29. The number of aryl methyl sites for hydroxylation is 1. The second-order valence-corrected chi connectivity index (χ2v) is 6.72. The van der Waals surface area contributed by atoms with E-state index in [9.17, 15) is 0 Å². The largest absolute Gasteiger partial charge is 0.222 e. The Morgan fingerprint density at radius 1 is 1.26 bits per heavy atom. The number of rotatable bonds is 2. The van der Waals surface area contributed by atoms with E-state index in [2.05, 4.69) is 38.9 Å². The molecule has 5 heteroatoms. The van der Waals surface area contributed by atoms with Gasteiger partial charge < -0.3 is 0 Å². The smallest absolute Gasteiger partial charge is 0.141 e. The minimum absolute atomic E-state index is 0.538. The lowest BCUT2D eigenvalue weighted by atomic mass is 10.1. The lowest BCUT2D eigenvalue weighted by Gasteiger charge is -2.04. The molecule has 0 amide bonds. The summed E-state index contributed by atoms with van der Waals surface area (Å²) in [7, 11) is 0. The van der Waals surface area contributed by atoms with Gasteiger partial charge in [-0.2, -0.15) is 0 Å². The molecular formula is C14H10BrClN2S. The number of thiophene rings is 1. The number of benzene rings is 1. The first-order chi connectivity index (χ1) is 9.13. The summed E-state index contributed by atoms with van der Waals surface area (Å²) in [4.78, 5) is 11.1. The molecule has 0 saturated heterocycles. The minimum atomic E-state index is 0.538. The minimum Gasteiger partial charge on any atom is -0.222 e. The molecule has 0 N–H and O–H groups in total. The van der Waals surface area contributed by atoms with Crippen LogP contribution in [0, 0.1) is 6.92 Å². The van der Waals surface area contributed by atoms with Crippen molar-refractivity contribution >= 4 is 49.1 Å². The van der Waals surface area contributed by atoms with Crippen molar-refractivity contribution in [3.05, 3.63) is 56.2 Å². The average Bonchev–Trinajstić information content (AvgIpc) is 2.73. The molecule has 0 spiro atoms. The highest BCUT2D eigenvalue weighted by molar-refractivity contribution is 9.10. The van der Waals surface area contributed by atoms with Gasteiger partial charge in [0.2, 0.25) is 0 Å². The van der Waals surface area contributed by atoms with E-state index < -0.39 is 0 Å². The van der Waals surface area contributed by atoms with Crippen LogP contribution in [0.2, 0.25) is 5.15 Å². The van der Waals surface area contributed by atoms with Gasteiger partial charge in [0.15, 0.2) is 0 Å². The van der Waals surface area contributed by atoms with Crippen molar-refractivity contribution in [1.82, 2.24) is 9.97 Å². The molecule has 3 aromatic rings. The first-order valence-corrected chi connectivity index (χ1v) is 7.78. The van der Waals surface area contributed by atoms with Crippen molar-refractivity contribution in [2.24, 2.45) is 0 Å². The number of hydrogen-bond acceptors (Lipinski definition) is 3. The molecular weight excluding hydrogens is 344 g/mol. The van der Waals surface area contributed by atoms with E-state index in [0.717, 1.165) is 26.1 Å². The van der Waals surface area contributed by atoms with Gasteiger partial charge in [0.25, 0.3) is 0 Å². The molecule has 1 aromatic carbocycles. The Hall–Kier alpha value is -0.970. The molecule has 2 nitrogen and oxygen atoms in total. The Morgan fingerprint density at radius 3 is 2.84 bits per heavy atom. The van der Waals surface area contributed by atoms with Crippen LogP contribution in [0.25, 0.3) is 10.2 Å². The molecule has 2 heterocycles. The standard InChI is InChI=1S/C14H10BrClN2S/c1-8-6-10-13(16)17-12(18-14(10)19-8)7-9-4-2-3-5-11(9)15/h2-6H,7H2,1H3. The third-order valence-electron chi connectivity index (χ3n) is 2.82. The van der Waals surface area contributed by atoms with Crippen molar-refractivity contribution in [3.63, 3.8) is 0 Å². The van der Waals surface area contributed by atoms with Gasteiger partial charge in [-0.25, -0.2) is 9.97 Å². The fraction of sp³-hybridized carbons (Fsp3) is 0.143. The van der Waals surface area contributed by atoms with E-state index in [0.29, 0.717) is 11.6 Å². The van der Waals surface area contributed by atoms with Gasteiger partial charge in [0.05, 0.1) is 0 Å². The third-order valence-corrected chi connectivity index (χ3v) is 4.83. The predicted molar refractivity (Wildman–Crippen MR) is 84.1 cm³/mol. The van der Waals surface area contributed by atoms with Crippen molar-refractivity contribution in [1.29, 1.82) is 0 Å². The van der Waals surface area contributed by atoms with Crippen LogP contribution in [0.5, 0.6) is 0 Å². The van der Waals surface area contributed by atoms with Crippen LogP contribution in [0.4, 0.5) is 0 Å². The van der Waals surface area contributed by atoms with Crippen LogP contribution in [-0.4, -0.2) is 9.97 Å². The monoisotopic (exact) mass is 352 g/mol. The molecule has 96 valence electrons. The van der Waals surface area contributed by atoms with Crippen LogP contribution in [0.1, 0.15) is 16.3 Å². The number of halogens is 2. The zero-order chi connectivity index (χ0) is 13.4. The van der Waals surface area contributed by atoms with Gasteiger partial charge in [0.1, 0.15) is 15.8 Å². The van der Waals surface area contributed by atoms with Gasteiger partial charge in [-0.15, -0.1) is 11.3 Å².